The second-order valence-corrected chi connectivity index (χ2v) is 4.02. The fraction of sp³-hybridized carbons (Fsp3) is 0.385. The molecule has 1 aromatic carbocycles. The van der Waals surface area contributed by atoms with Crippen molar-refractivity contribution >= 4 is 11.9 Å². The van der Waals surface area contributed by atoms with Gasteiger partial charge >= 0.3 is 6.03 Å². The number of amides is 2. The maximum Gasteiger partial charge on any atom is 0.376 e. The van der Waals surface area contributed by atoms with Gasteiger partial charge in [0, 0.05) is 7.11 Å². The first-order valence-corrected chi connectivity index (χ1v) is 6.05. The lowest BCUT2D eigenvalue weighted by atomic mass is 10.2. The molecular weight excluding hydrogens is 262 g/mol. The van der Waals surface area contributed by atoms with Gasteiger partial charge in [-0.3, -0.25) is 14.7 Å². The van der Waals surface area contributed by atoms with Crippen LogP contribution in [0.4, 0.5) is 4.79 Å². The van der Waals surface area contributed by atoms with E-state index in [1.165, 1.54) is 21.3 Å². The Balaban J connectivity index is 2.24. The van der Waals surface area contributed by atoms with Crippen LogP contribution in [-0.2, 0) is 21.0 Å². The zero-order chi connectivity index (χ0) is 14.5. The first kappa shape index (κ1) is 14.4. The van der Waals surface area contributed by atoms with Crippen molar-refractivity contribution in [3.63, 3.8) is 0 Å². The van der Waals surface area contributed by atoms with E-state index in [-0.39, 0.29) is 0 Å². The highest BCUT2D eigenvalue weighted by atomic mass is 16.8. The number of methoxy groups -OCH3 is 1. The molecule has 1 unspecified atom stereocenters. The molecule has 1 aliphatic rings. The standard InChI is InChI=1S/C13H17N3O4/c1-18-12-11(14-9-10-7-5-4-6-8-10)15(19-2)13(17)16(12)20-3/h4-8,12H,9H2,1-3H3. The summed E-state index contributed by atoms with van der Waals surface area (Å²) < 4.78 is 5.25. The van der Waals surface area contributed by atoms with Gasteiger partial charge in [0.15, 0.2) is 5.84 Å². The van der Waals surface area contributed by atoms with E-state index in [0.29, 0.717) is 12.4 Å². The minimum atomic E-state index is -0.726. The number of urea groups is 1. The van der Waals surface area contributed by atoms with Crippen LogP contribution in [0, 0.1) is 0 Å². The molecule has 20 heavy (non-hydrogen) atoms. The van der Waals surface area contributed by atoms with Crippen molar-refractivity contribution in [2.75, 3.05) is 21.3 Å². The van der Waals surface area contributed by atoms with Crippen LogP contribution in [0.2, 0.25) is 0 Å². The maximum atomic E-state index is 12.0. The van der Waals surface area contributed by atoms with Crippen molar-refractivity contribution in [3.05, 3.63) is 35.9 Å². The van der Waals surface area contributed by atoms with E-state index in [1.807, 2.05) is 30.3 Å². The van der Waals surface area contributed by atoms with Crippen molar-refractivity contribution in [1.82, 2.24) is 10.1 Å². The number of carbonyl (C=O) groups excluding carboxylic acids is 1. The topological polar surface area (TPSA) is 63.6 Å². The molecule has 2 amide bonds. The van der Waals surface area contributed by atoms with E-state index in [9.17, 15) is 4.79 Å². The number of aliphatic imine (C=N–C) groups is 1. The van der Waals surface area contributed by atoms with E-state index < -0.39 is 12.3 Å². The monoisotopic (exact) mass is 279 g/mol. The zero-order valence-electron chi connectivity index (χ0n) is 11.6. The predicted molar refractivity (Wildman–Crippen MR) is 71.5 cm³/mol. The number of nitrogens with zero attached hydrogens (tertiary/aromatic N) is 3. The minimum absolute atomic E-state index is 0.353. The van der Waals surface area contributed by atoms with Gasteiger partial charge in [-0.15, -0.1) is 5.06 Å². The van der Waals surface area contributed by atoms with Crippen molar-refractivity contribution in [3.8, 4) is 0 Å². The fourth-order valence-electron chi connectivity index (χ4n) is 1.94. The summed E-state index contributed by atoms with van der Waals surface area (Å²) in [6.07, 6.45) is -0.726. The first-order chi connectivity index (χ1) is 9.72. The smallest absolute Gasteiger partial charge is 0.352 e. The highest BCUT2D eigenvalue weighted by molar-refractivity contribution is 6.04. The molecule has 0 aromatic heterocycles. The molecule has 2 rings (SSSR count). The average Bonchev–Trinajstić information content (AvgIpc) is 2.76. The van der Waals surface area contributed by atoms with Crippen LogP contribution < -0.4 is 0 Å². The minimum Gasteiger partial charge on any atom is -0.352 e. The lowest BCUT2D eigenvalue weighted by Crippen LogP contribution is -2.35. The Labute approximate surface area is 117 Å². The van der Waals surface area contributed by atoms with Crippen molar-refractivity contribution in [1.29, 1.82) is 0 Å². The highest BCUT2D eigenvalue weighted by Crippen LogP contribution is 2.20. The predicted octanol–water partition coefficient (Wildman–Crippen LogP) is 1.42. The van der Waals surface area contributed by atoms with Crippen molar-refractivity contribution < 1.29 is 19.2 Å². The zero-order valence-corrected chi connectivity index (χ0v) is 11.6. The van der Waals surface area contributed by atoms with Gasteiger partial charge in [0.25, 0.3) is 0 Å². The van der Waals surface area contributed by atoms with Gasteiger partial charge < -0.3 is 4.74 Å². The van der Waals surface area contributed by atoms with Gasteiger partial charge in [0.2, 0.25) is 6.23 Å². The SMILES string of the molecule is COC1C(=NCc2ccccc2)N(OC)C(=O)N1OC. The van der Waals surface area contributed by atoms with E-state index in [0.717, 1.165) is 15.7 Å². The number of carbonyl (C=O) groups is 1. The molecule has 0 N–H and O–H groups in total. The van der Waals surface area contributed by atoms with Crippen LogP contribution in [0.1, 0.15) is 5.56 Å². The van der Waals surface area contributed by atoms with Gasteiger partial charge in [-0.1, -0.05) is 30.3 Å². The summed E-state index contributed by atoms with van der Waals surface area (Å²) in [5.74, 6) is 0.353. The average molecular weight is 279 g/mol. The third-order valence-corrected chi connectivity index (χ3v) is 2.87. The Morgan fingerprint density at radius 1 is 1.15 bits per heavy atom. The molecule has 1 fully saturated rings. The third-order valence-electron chi connectivity index (χ3n) is 2.87. The maximum absolute atomic E-state index is 12.0. The van der Waals surface area contributed by atoms with Crippen molar-refractivity contribution in [2.24, 2.45) is 4.99 Å². The van der Waals surface area contributed by atoms with Crippen LogP contribution >= 0.6 is 0 Å². The van der Waals surface area contributed by atoms with Crippen LogP contribution in [0.15, 0.2) is 35.3 Å². The van der Waals surface area contributed by atoms with E-state index in [4.69, 9.17) is 14.4 Å². The number of hydrogen-bond donors (Lipinski definition) is 0. The summed E-state index contributed by atoms with van der Waals surface area (Å²) in [5, 5.41) is 2.12. The molecule has 1 aliphatic heterocycles. The quantitative estimate of drug-likeness (QED) is 0.817. The Morgan fingerprint density at radius 3 is 2.40 bits per heavy atom. The molecule has 0 saturated carbocycles. The van der Waals surface area contributed by atoms with E-state index in [2.05, 4.69) is 4.99 Å². The van der Waals surface area contributed by atoms with E-state index >= 15 is 0 Å². The van der Waals surface area contributed by atoms with Crippen LogP contribution in [0.5, 0.6) is 0 Å². The van der Waals surface area contributed by atoms with Gasteiger partial charge in [-0.25, -0.2) is 4.79 Å². The van der Waals surface area contributed by atoms with Gasteiger partial charge in [0.1, 0.15) is 0 Å². The number of amidine groups is 1. The summed E-state index contributed by atoms with van der Waals surface area (Å²) in [5.41, 5.74) is 1.02. The second kappa shape index (κ2) is 6.47. The lowest BCUT2D eigenvalue weighted by Gasteiger charge is -2.17. The molecule has 7 heteroatoms. The van der Waals surface area contributed by atoms with Gasteiger partial charge in [-0.05, 0) is 5.56 Å². The molecule has 108 valence electrons. The molecular formula is C13H17N3O4. The molecule has 0 aliphatic carbocycles. The number of benzene rings is 1. The normalized spacial score (nSPS) is 21.1. The van der Waals surface area contributed by atoms with Gasteiger partial charge in [0.05, 0.1) is 20.8 Å². The second-order valence-electron chi connectivity index (χ2n) is 4.02. The molecule has 1 saturated heterocycles. The largest absolute Gasteiger partial charge is 0.376 e. The van der Waals surface area contributed by atoms with E-state index in [1.54, 1.807) is 0 Å². The van der Waals surface area contributed by atoms with Crippen LogP contribution in [0.25, 0.3) is 0 Å². The highest BCUT2D eigenvalue weighted by Gasteiger charge is 2.45. The first-order valence-electron chi connectivity index (χ1n) is 6.05. The molecule has 1 aromatic rings. The Hall–Kier alpha value is -1.96. The number of rotatable bonds is 5. The molecule has 0 spiro atoms. The summed E-state index contributed by atoms with van der Waals surface area (Å²) in [6.45, 7) is 0.417. The Morgan fingerprint density at radius 2 is 1.85 bits per heavy atom. The summed E-state index contributed by atoms with van der Waals surface area (Å²) >= 11 is 0. The van der Waals surface area contributed by atoms with Crippen LogP contribution in [-0.4, -0.2) is 49.6 Å². The molecule has 1 heterocycles. The molecule has 7 nitrogen and oxygen atoms in total. The molecule has 1 atom stereocenters. The van der Waals surface area contributed by atoms with Gasteiger partial charge in [-0.2, -0.15) is 5.06 Å². The third kappa shape index (κ3) is 2.64. The summed E-state index contributed by atoms with van der Waals surface area (Å²) in [7, 11) is 4.25. The Kier molecular flexibility index (Phi) is 4.67. The summed E-state index contributed by atoms with van der Waals surface area (Å²) in [6, 6.07) is 9.22. The summed E-state index contributed by atoms with van der Waals surface area (Å²) in [4.78, 5) is 26.4. The van der Waals surface area contributed by atoms with Crippen LogP contribution in [0.3, 0.4) is 0 Å². The van der Waals surface area contributed by atoms with Crippen molar-refractivity contribution in [2.45, 2.75) is 12.8 Å². The Bertz CT molecular complexity index is 492. The molecule has 0 radical (unpaired) electrons. The number of ether oxygens (including phenoxy) is 1. The number of hydroxylamine groups is 4. The fourth-order valence-corrected chi connectivity index (χ4v) is 1.94. The number of hydrogen-bond acceptors (Lipinski definition) is 5. The molecule has 0 bridgehead atoms. The lowest BCUT2D eigenvalue weighted by molar-refractivity contribution is -0.160.